The maximum absolute atomic E-state index is 13.5. The molecule has 0 amide bonds. The largest absolute Gasteiger partial charge is 0.469 e. The van der Waals surface area contributed by atoms with Crippen LogP contribution in [0.2, 0.25) is 0 Å². The third kappa shape index (κ3) is 4.03. The van der Waals surface area contributed by atoms with Gasteiger partial charge in [0.05, 0.1) is 27.1 Å². The van der Waals surface area contributed by atoms with Gasteiger partial charge in [0, 0.05) is 16.7 Å². The molecule has 0 saturated heterocycles. The standard InChI is InChI=1S/C34H27Cl3O4/c1-40-29(38)19-32(25-15-7-3-11-21(25)22-12-4-8-16-26(22)32)31(34(35,36)37)33(20-30(39)41-2)27-17-9-5-13-23(27)24-14-6-10-18-28(24)33/h3-18,31H,19-20H2,1-2H3. The second-order valence-corrected chi connectivity index (χ2v) is 13.0. The van der Waals surface area contributed by atoms with Crippen LogP contribution < -0.4 is 0 Å². The molecule has 0 aliphatic heterocycles. The number of rotatable bonds is 6. The molecular formula is C34H27Cl3O4. The van der Waals surface area contributed by atoms with Crippen LogP contribution in [0.4, 0.5) is 0 Å². The first-order chi connectivity index (χ1) is 19.7. The number of carbonyl (C=O) groups is 2. The maximum Gasteiger partial charge on any atom is 0.306 e. The zero-order chi connectivity index (χ0) is 29.0. The summed E-state index contributed by atoms with van der Waals surface area (Å²) in [5, 5.41) is 0. The van der Waals surface area contributed by atoms with E-state index in [-0.39, 0.29) is 12.8 Å². The van der Waals surface area contributed by atoms with Crippen LogP contribution in [-0.4, -0.2) is 30.0 Å². The second-order valence-electron chi connectivity index (χ2n) is 10.6. The van der Waals surface area contributed by atoms with E-state index in [2.05, 4.69) is 0 Å². The molecule has 4 nitrogen and oxygen atoms in total. The normalized spacial score (nSPS) is 15.5. The molecule has 7 heteroatoms. The molecule has 2 aliphatic carbocycles. The summed E-state index contributed by atoms with van der Waals surface area (Å²) in [4.78, 5) is 26.9. The van der Waals surface area contributed by atoms with Crippen LogP contribution in [0.1, 0.15) is 35.1 Å². The van der Waals surface area contributed by atoms with E-state index in [0.717, 1.165) is 44.5 Å². The van der Waals surface area contributed by atoms with E-state index in [9.17, 15) is 9.59 Å². The monoisotopic (exact) mass is 604 g/mol. The van der Waals surface area contributed by atoms with Gasteiger partial charge in [0.1, 0.15) is 0 Å². The summed E-state index contributed by atoms with van der Waals surface area (Å²) in [5.74, 6) is -1.87. The van der Waals surface area contributed by atoms with Crippen molar-refractivity contribution < 1.29 is 19.1 Å². The number of carbonyl (C=O) groups excluding carboxylic acids is 2. The highest BCUT2D eigenvalue weighted by Gasteiger charge is 2.67. The lowest BCUT2D eigenvalue weighted by atomic mass is 9.53. The van der Waals surface area contributed by atoms with Crippen LogP contribution >= 0.6 is 34.8 Å². The molecule has 0 N–H and O–H groups in total. The van der Waals surface area contributed by atoms with E-state index in [1.807, 2.05) is 97.1 Å². The van der Waals surface area contributed by atoms with Gasteiger partial charge in [-0.25, -0.2) is 0 Å². The average Bonchev–Trinajstić information content (AvgIpc) is 3.41. The summed E-state index contributed by atoms with van der Waals surface area (Å²) in [5.41, 5.74) is 4.76. The zero-order valence-corrected chi connectivity index (χ0v) is 24.8. The molecule has 0 bridgehead atoms. The quantitative estimate of drug-likeness (QED) is 0.165. The summed E-state index contributed by atoms with van der Waals surface area (Å²) >= 11 is 21.6. The Bertz CT molecular complexity index is 1460. The average molecular weight is 606 g/mol. The van der Waals surface area contributed by atoms with Crippen molar-refractivity contribution in [3.05, 3.63) is 119 Å². The van der Waals surface area contributed by atoms with Gasteiger partial charge >= 0.3 is 11.9 Å². The predicted octanol–water partition coefficient (Wildman–Crippen LogP) is 8.03. The molecule has 41 heavy (non-hydrogen) atoms. The third-order valence-corrected chi connectivity index (χ3v) is 9.48. The van der Waals surface area contributed by atoms with Crippen LogP contribution in [0, 0.1) is 5.92 Å². The van der Waals surface area contributed by atoms with Crippen molar-refractivity contribution in [3.8, 4) is 22.3 Å². The van der Waals surface area contributed by atoms with Gasteiger partial charge in [-0.05, 0) is 44.5 Å². The first-order valence-electron chi connectivity index (χ1n) is 13.3. The van der Waals surface area contributed by atoms with Gasteiger partial charge in [-0.1, -0.05) is 132 Å². The Balaban J connectivity index is 1.81. The fraction of sp³-hybridized carbons (Fsp3) is 0.235. The molecule has 4 aromatic rings. The van der Waals surface area contributed by atoms with E-state index < -0.39 is 32.5 Å². The molecule has 0 atom stereocenters. The van der Waals surface area contributed by atoms with E-state index in [4.69, 9.17) is 44.3 Å². The van der Waals surface area contributed by atoms with Crippen molar-refractivity contribution in [2.75, 3.05) is 14.2 Å². The Kier molecular flexibility index (Phi) is 6.93. The molecule has 0 saturated carbocycles. The number of halogens is 3. The molecule has 2 aliphatic rings. The molecule has 0 fully saturated rings. The number of alkyl halides is 3. The minimum absolute atomic E-state index is 0.108. The van der Waals surface area contributed by atoms with Crippen LogP contribution in [-0.2, 0) is 29.9 Å². The van der Waals surface area contributed by atoms with Gasteiger partial charge in [-0.15, -0.1) is 0 Å². The first kappa shape index (κ1) is 27.8. The van der Waals surface area contributed by atoms with Crippen LogP contribution in [0.5, 0.6) is 0 Å². The second kappa shape index (κ2) is 10.2. The fourth-order valence-corrected chi connectivity index (χ4v) is 8.62. The number of hydrogen-bond acceptors (Lipinski definition) is 4. The van der Waals surface area contributed by atoms with Gasteiger partial charge in [0.2, 0.25) is 0 Å². The summed E-state index contributed by atoms with van der Waals surface area (Å²) in [6.07, 6.45) is -0.216. The molecule has 6 rings (SSSR count). The van der Waals surface area contributed by atoms with Crippen molar-refractivity contribution in [2.45, 2.75) is 27.5 Å². The molecule has 0 spiro atoms. The number of methoxy groups -OCH3 is 2. The minimum Gasteiger partial charge on any atom is -0.469 e. The molecule has 208 valence electrons. The highest BCUT2D eigenvalue weighted by molar-refractivity contribution is 6.68. The van der Waals surface area contributed by atoms with Crippen molar-refractivity contribution in [1.29, 1.82) is 0 Å². The van der Waals surface area contributed by atoms with Gasteiger partial charge in [-0.2, -0.15) is 0 Å². The van der Waals surface area contributed by atoms with E-state index in [1.165, 1.54) is 14.2 Å². The van der Waals surface area contributed by atoms with Crippen molar-refractivity contribution in [3.63, 3.8) is 0 Å². The summed E-state index contributed by atoms with van der Waals surface area (Å²) in [6, 6.07) is 31.6. The highest BCUT2D eigenvalue weighted by Crippen LogP contribution is 2.69. The van der Waals surface area contributed by atoms with Crippen LogP contribution in [0.25, 0.3) is 22.3 Å². The van der Waals surface area contributed by atoms with Crippen molar-refractivity contribution in [1.82, 2.24) is 0 Å². The number of benzene rings is 4. The van der Waals surface area contributed by atoms with Crippen LogP contribution in [0.15, 0.2) is 97.1 Å². The van der Waals surface area contributed by atoms with E-state index >= 15 is 0 Å². The molecule has 0 aromatic heterocycles. The van der Waals surface area contributed by atoms with Gasteiger partial charge in [0.15, 0.2) is 3.79 Å². The number of hydrogen-bond donors (Lipinski definition) is 0. The molecule has 0 heterocycles. The van der Waals surface area contributed by atoms with Crippen molar-refractivity contribution in [2.24, 2.45) is 5.92 Å². The lowest BCUT2D eigenvalue weighted by Gasteiger charge is -2.52. The Morgan fingerprint density at radius 3 is 1.10 bits per heavy atom. The third-order valence-electron chi connectivity index (χ3n) is 8.83. The predicted molar refractivity (Wildman–Crippen MR) is 162 cm³/mol. The minimum atomic E-state index is -1.98. The first-order valence-corrected chi connectivity index (χ1v) is 14.4. The SMILES string of the molecule is COC(=O)CC1(C(C(Cl)(Cl)Cl)C2(CC(=O)OC)c3ccccc3-c3ccccc32)c2ccccc2-c2ccccc21. The lowest BCUT2D eigenvalue weighted by Crippen LogP contribution is -2.55. The smallest absolute Gasteiger partial charge is 0.306 e. The number of fused-ring (bicyclic) bond motifs is 6. The highest BCUT2D eigenvalue weighted by atomic mass is 35.6. The maximum atomic E-state index is 13.5. The van der Waals surface area contributed by atoms with Crippen LogP contribution in [0.3, 0.4) is 0 Å². The molecule has 0 unspecified atom stereocenters. The van der Waals surface area contributed by atoms with Gasteiger partial charge in [0.25, 0.3) is 0 Å². The summed E-state index contributed by atoms with van der Waals surface area (Å²) in [7, 11) is 2.72. The van der Waals surface area contributed by atoms with Gasteiger partial charge < -0.3 is 9.47 Å². The zero-order valence-electron chi connectivity index (χ0n) is 22.5. The van der Waals surface area contributed by atoms with E-state index in [1.54, 1.807) is 0 Å². The molecule has 0 radical (unpaired) electrons. The molecule has 4 aromatic carbocycles. The van der Waals surface area contributed by atoms with E-state index in [0.29, 0.717) is 0 Å². The summed E-state index contributed by atoms with van der Waals surface area (Å²) < 4.78 is 8.64. The van der Waals surface area contributed by atoms with Crippen molar-refractivity contribution >= 4 is 46.7 Å². The fourth-order valence-electron chi connectivity index (χ4n) is 7.50. The summed E-state index contributed by atoms with van der Waals surface area (Å²) in [6.45, 7) is 0. The molecular weight excluding hydrogens is 579 g/mol. The number of ether oxygens (including phenoxy) is 2. The lowest BCUT2D eigenvalue weighted by molar-refractivity contribution is -0.143. The Labute approximate surface area is 254 Å². The Morgan fingerprint density at radius 1 is 0.585 bits per heavy atom. The topological polar surface area (TPSA) is 52.6 Å². The Morgan fingerprint density at radius 2 is 0.854 bits per heavy atom. The Hall–Kier alpha value is -3.31. The van der Waals surface area contributed by atoms with Gasteiger partial charge in [-0.3, -0.25) is 9.59 Å². The number of esters is 2.